The number of rotatable bonds is 9. The van der Waals surface area contributed by atoms with Gasteiger partial charge in [0.1, 0.15) is 24.7 Å². The molecule has 8 nitrogen and oxygen atoms in total. The molecule has 1 heterocycles. The summed E-state index contributed by atoms with van der Waals surface area (Å²) in [6, 6.07) is 16.3. The molecule has 0 radical (unpaired) electrons. The Morgan fingerprint density at radius 2 is 1.84 bits per heavy atom. The maximum absolute atomic E-state index is 13.8. The Morgan fingerprint density at radius 3 is 2.55 bits per heavy atom. The van der Waals surface area contributed by atoms with Gasteiger partial charge in [0, 0.05) is 0 Å². The van der Waals surface area contributed by atoms with E-state index < -0.39 is 30.2 Å². The van der Waals surface area contributed by atoms with Gasteiger partial charge in [-0.25, -0.2) is 14.1 Å². The van der Waals surface area contributed by atoms with Gasteiger partial charge < -0.3 is 20.1 Å². The Labute approximate surface area is 227 Å². The van der Waals surface area contributed by atoms with Crippen molar-refractivity contribution in [3.8, 4) is 11.5 Å². The molecule has 0 saturated carbocycles. The summed E-state index contributed by atoms with van der Waals surface area (Å²) >= 11 is 3.51. The van der Waals surface area contributed by atoms with Crippen molar-refractivity contribution in [2.24, 2.45) is 0 Å². The number of benzene rings is 3. The highest BCUT2D eigenvalue weighted by Crippen LogP contribution is 2.38. The molecule has 1 fully saturated rings. The van der Waals surface area contributed by atoms with Crippen LogP contribution >= 0.6 is 15.9 Å². The predicted octanol–water partition coefficient (Wildman–Crippen LogP) is 5.41. The number of imide groups is 1. The highest BCUT2D eigenvalue weighted by Gasteiger charge is 2.35. The molecule has 4 rings (SSSR count). The molecule has 0 bridgehead atoms. The second kappa shape index (κ2) is 11.9. The van der Waals surface area contributed by atoms with Gasteiger partial charge in [-0.15, -0.1) is 0 Å². The highest BCUT2D eigenvalue weighted by atomic mass is 79.9. The van der Waals surface area contributed by atoms with Crippen molar-refractivity contribution in [2.45, 2.75) is 20.5 Å². The number of halogens is 2. The van der Waals surface area contributed by atoms with Crippen LogP contribution in [-0.2, 0) is 16.2 Å². The monoisotopic (exact) mass is 581 g/mol. The Balaban J connectivity index is 1.49. The number of hydrogen-bond donors (Lipinski definition) is 2. The molecular formula is C28H25BrFN3O5. The van der Waals surface area contributed by atoms with E-state index in [1.54, 1.807) is 18.2 Å². The first-order chi connectivity index (χ1) is 18.2. The van der Waals surface area contributed by atoms with E-state index in [-0.39, 0.29) is 11.4 Å². The smallest absolute Gasteiger partial charge is 0.329 e. The fourth-order valence-electron chi connectivity index (χ4n) is 3.69. The lowest BCUT2D eigenvalue weighted by Crippen LogP contribution is -2.38. The largest absolute Gasteiger partial charge is 0.490 e. The van der Waals surface area contributed by atoms with Crippen molar-refractivity contribution < 1.29 is 28.2 Å². The maximum Gasteiger partial charge on any atom is 0.329 e. The Bertz CT molecular complexity index is 1410. The predicted molar refractivity (Wildman–Crippen MR) is 144 cm³/mol. The first-order valence-electron chi connectivity index (χ1n) is 11.8. The van der Waals surface area contributed by atoms with Gasteiger partial charge in [0.2, 0.25) is 5.91 Å². The number of amides is 4. The molecule has 4 amide bonds. The number of para-hydroxylation sites is 1. The Hall–Kier alpha value is -4.18. The lowest BCUT2D eigenvalue weighted by molar-refractivity contribution is -0.127. The second-order valence-corrected chi connectivity index (χ2v) is 9.30. The number of anilines is 1. The van der Waals surface area contributed by atoms with Crippen LogP contribution in [0.5, 0.6) is 11.5 Å². The standard InChI is InChI=1S/C28H25BrFN3O5/c1-3-37-24-14-19(12-20(29)26(24)38-16-18-10-8-17(2)9-11-18)13-23-27(35)33(28(36)32-23)15-25(34)31-22-7-5-4-6-21(22)30/h4-14H,3,15-16H2,1-2H3,(H,31,34)(H,32,36)/b23-13+. The van der Waals surface area contributed by atoms with Gasteiger partial charge >= 0.3 is 6.03 Å². The van der Waals surface area contributed by atoms with E-state index >= 15 is 0 Å². The molecule has 1 aliphatic rings. The van der Waals surface area contributed by atoms with E-state index in [0.717, 1.165) is 16.0 Å². The van der Waals surface area contributed by atoms with Crippen molar-refractivity contribution in [1.82, 2.24) is 10.2 Å². The molecule has 0 spiro atoms. The Morgan fingerprint density at radius 1 is 1.11 bits per heavy atom. The minimum absolute atomic E-state index is 0.0173. The molecule has 3 aromatic rings. The van der Waals surface area contributed by atoms with Gasteiger partial charge in [-0.1, -0.05) is 42.0 Å². The van der Waals surface area contributed by atoms with Gasteiger partial charge in [-0.3, -0.25) is 9.59 Å². The molecular weight excluding hydrogens is 557 g/mol. The summed E-state index contributed by atoms with van der Waals surface area (Å²) in [5.74, 6) is -1.06. The van der Waals surface area contributed by atoms with E-state index in [9.17, 15) is 18.8 Å². The summed E-state index contributed by atoms with van der Waals surface area (Å²) in [5.41, 5.74) is 2.65. The third-order valence-corrected chi connectivity index (χ3v) is 6.15. The van der Waals surface area contributed by atoms with Crippen LogP contribution in [0.3, 0.4) is 0 Å². The molecule has 2 N–H and O–H groups in total. The minimum atomic E-state index is -0.757. The summed E-state index contributed by atoms with van der Waals surface area (Å²) < 4.78 is 26.2. The van der Waals surface area contributed by atoms with Crippen LogP contribution in [0.15, 0.2) is 70.8 Å². The maximum atomic E-state index is 13.8. The van der Waals surface area contributed by atoms with Crippen LogP contribution in [0, 0.1) is 12.7 Å². The molecule has 38 heavy (non-hydrogen) atoms. The Kier molecular flexibility index (Phi) is 8.42. The first-order valence-corrected chi connectivity index (χ1v) is 12.6. The summed E-state index contributed by atoms with van der Waals surface area (Å²) in [5, 5.41) is 4.84. The van der Waals surface area contributed by atoms with Gasteiger partial charge in [-0.2, -0.15) is 0 Å². The number of nitrogens with one attached hydrogen (secondary N) is 2. The van der Waals surface area contributed by atoms with E-state index in [0.29, 0.717) is 34.7 Å². The van der Waals surface area contributed by atoms with E-state index in [1.807, 2.05) is 38.1 Å². The molecule has 10 heteroatoms. The normalized spacial score (nSPS) is 14.0. The lowest BCUT2D eigenvalue weighted by Gasteiger charge is -2.15. The SMILES string of the molecule is CCOc1cc(/C=C2/NC(=O)N(CC(=O)Nc3ccccc3F)C2=O)cc(Br)c1OCc1ccc(C)cc1. The van der Waals surface area contributed by atoms with Gasteiger partial charge in [-0.05, 0) is 71.2 Å². The average Bonchev–Trinajstić information content (AvgIpc) is 3.13. The van der Waals surface area contributed by atoms with Crippen LogP contribution in [-0.4, -0.2) is 35.9 Å². The third-order valence-electron chi connectivity index (χ3n) is 5.56. The molecule has 1 saturated heterocycles. The van der Waals surface area contributed by atoms with E-state index in [1.165, 1.54) is 24.3 Å². The van der Waals surface area contributed by atoms with Gasteiger partial charge in [0.15, 0.2) is 11.5 Å². The minimum Gasteiger partial charge on any atom is -0.490 e. The van der Waals surface area contributed by atoms with Crippen molar-refractivity contribution in [2.75, 3.05) is 18.5 Å². The molecule has 3 aromatic carbocycles. The molecule has 0 aliphatic carbocycles. The number of hydrogen-bond acceptors (Lipinski definition) is 5. The molecule has 0 atom stereocenters. The lowest BCUT2D eigenvalue weighted by atomic mass is 10.1. The number of ether oxygens (including phenoxy) is 2. The quantitative estimate of drug-likeness (QED) is 0.260. The number of carbonyl (C=O) groups excluding carboxylic acids is 3. The second-order valence-electron chi connectivity index (χ2n) is 8.44. The number of nitrogens with zero attached hydrogens (tertiary/aromatic N) is 1. The molecule has 0 unspecified atom stereocenters. The van der Waals surface area contributed by atoms with Crippen molar-refractivity contribution in [1.29, 1.82) is 0 Å². The summed E-state index contributed by atoms with van der Waals surface area (Å²) in [6.45, 7) is 3.99. The third kappa shape index (κ3) is 6.38. The van der Waals surface area contributed by atoms with Crippen LogP contribution in [0.2, 0.25) is 0 Å². The molecule has 1 aliphatic heterocycles. The molecule has 196 valence electrons. The van der Waals surface area contributed by atoms with Crippen molar-refractivity contribution >= 4 is 45.5 Å². The van der Waals surface area contributed by atoms with E-state index in [4.69, 9.17) is 9.47 Å². The average molecular weight is 582 g/mol. The van der Waals surface area contributed by atoms with E-state index in [2.05, 4.69) is 26.6 Å². The zero-order valence-corrected chi connectivity index (χ0v) is 22.3. The van der Waals surface area contributed by atoms with Crippen LogP contribution in [0.25, 0.3) is 6.08 Å². The fourth-order valence-corrected chi connectivity index (χ4v) is 4.27. The molecule has 0 aromatic heterocycles. The van der Waals surface area contributed by atoms with Crippen LogP contribution < -0.4 is 20.1 Å². The summed E-state index contributed by atoms with van der Waals surface area (Å²) in [4.78, 5) is 38.4. The first kappa shape index (κ1) is 26.9. The topological polar surface area (TPSA) is 97.0 Å². The number of carbonyl (C=O) groups is 3. The van der Waals surface area contributed by atoms with Crippen molar-refractivity contribution in [3.63, 3.8) is 0 Å². The summed E-state index contributed by atoms with van der Waals surface area (Å²) in [6.07, 6.45) is 1.48. The zero-order chi connectivity index (χ0) is 27.2. The van der Waals surface area contributed by atoms with Crippen molar-refractivity contribution in [3.05, 3.63) is 93.3 Å². The van der Waals surface area contributed by atoms with Gasteiger partial charge in [0.05, 0.1) is 16.8 Å². The number of aryl methyl sites for hydroxylation is 1. The number of urea groups is 1. The zero-order valence-electron chi connectivity index (χ0n) is 20.7. The van der Waals surface area contributed by atoms with Crippen LogP contribution in [0.4, 0.5) is 14.9 Å². The summed E-state index contributed by atoms with van der Waals surface area (Å²) in [7, 11) is 0. The van der Waals surface area contributed by atoms with Gasteiger partial charge in [0.25, 0.3) is 5.91 Å². The highest BCUT2D eigenvalue weighted by molar-refractivity contribution is 9.10. The fraction of sp³-hybridized carbons (Fsp3) is 0.179. The van der Waals surface area contributed by atoms with Crippen LogP contribution in [0.1, 0.15) is 23.6 Å².